The molecule has 8 heavy (non-hydrogen) atoms. The number of rotatable bonds is 4. The van der Waals surface area contributed by atoms with Gasteiger partial charge in [0.05, 0.1) is 25.9 Å². The average molecular weight is 119 g/mol. The molecule has 0 aromatic heterocycles. The molecule has 0 amide bonds. The van der Waals surface area contributed by atoms with Gasteiger partial charge >= 0.3 is 0 Å². The van der Waals surface area contributed by atoms with Crippen LogP contribution in [0.2, 0.25) is 0 Å². The van der Waals surface area contributed by atoms with Crippen LogP contribution in [0.3, 0.4) is 0 Å². The summed E-state index contributed by atoms with van der Waals surface area (Å²) in [4.78, 5) is 0. The number of aliphatic hydroxyl groups is 2. The minimum Gasteiger partial charge on any atom is -0.394 e. The summed E-state index contributed by atoms with van der Waals surface area (Å²) in [6, 6.07) is 0. The molecule has 0 aliphatic carbocycles. The van der Waals surface area contributed by atoms with Gasteiger partial charge in [0, 0.05) is 0 Å². The Hall–Kier alpha value is -0.120. The molecule has 0 rings (SSSR count). The first-order chi connectivity index (χ1) is 3.77. The second kappa shape index (κ2) is 5.03. The Morgan fingerprint density at radius 1 is 1.62 bits per heavy atom. The molecule has 3 heteroatoms. The number of hydrogen-bond acceptors (Lipinski definition) is 3. The van der Waals surface area contributed by atoms with Gasteiger partial charge in [0.15, 0.2) is 0 Å². The van der Waals surface area contributed by atoms with Crippen molar-refractivity contribution in [2.75, 3.05) is 19.8 Å². The van der Waals surface area contributed by atoms with Gasteiger partial charge in [-0.3, -0.25) is 0 Å². The highest BCUT2D eigenvalue weighted by atomic mass is 16.5. The summed E-state index contributed by atoms with van der Waals surface area (Å²) in [5.41, 5.74) is 0. The maximum absolute atomic E-state index is 8.46. The van der Waals surface area contributed by atoms with Gasteiger partial charge in [0.2, 0.25) is 0 Å². The molecule has 0 bridgehead atoms. The van der Waals surface area contributed by atoms with Crippen molar-refractivity contribution >= 4 is 0 Å². The van der Waals surface area contributed by atoms with E-state index in [2.05, 4.69) is 11.7 Å². The summed E-state index contributed by atoms with van der Waals surface area (Å²) in [5, 5.41) is 16.6. The van der Waals surface area contributed by atoms with Crippen molar-refractivity contribution < 1.29 is 14.9 Å². The summed E-state index contributed by atoms with van der Waals surface area (Å²) >= 11 is 0. The van der Waals surface area contributed by atoms with E-state index in [-0.39, 0.29) is 19.8 Å². The normalized spacial score (nSPS) is 13.9. The molecule has 0 aromatic rings. The first-order valence-corrected chi connectivity index (χ1v) is 2.47. The molecule has 2 N–H and O–H groups in total. The van der Waals surface area contributed by atoms with Gasteiger partial charge in [0.1, 0.15) is 0 Å². The van der Waals surface area contributed by atoms with Crippen LogP contribution in [0.15, 0.2) is 0 Å². The molecule has 3 nitrogen and oxygen atoms in total. The zero-order chi connectivity index (χ0) is 6.41. The van der Waals surface area contributed by atoms with Crippen molar-refractivity contribution in [3.63, 3.8) is 0 Å². The van der Waals surface area contributed by atoms with Gasteiger partial charge in [-0.05, 0) is 6.92 Å². The fraction of sp³-hybridized carbons (Fsp3) is 0.800. The van der Waals surface area contributed by atoms with Gasteiger partial charge in [-0.2, -0.15) is 0 Å². The van der Waals surface area contributed by atoms with E-state index in [1.54, 1.807) is 0 Å². The third-order valence-electron chi connectivity index (χ3n) is 0.546. The van der Waals surface area contributed by atoms with Crippen molar-refractivity contribution in [2.24, 2.45) is 0 Å². The highest BCUT2D eigenvalue weighted by molar-refractivity contribution is 4.52. The van der Waals surface area contributed by atoms with E-state index in [4.69, 9.17) is 10.2 Å². The summed E-state index contributed by atoms with van der Waals surface area (Å²) in [7, 11) is 0. The number of aliphatic hydroxyl groups excluding tert-OH is 2. The Bertz CT molecular complexity index is 44.9. The molecule has 0 aliphatic heterocycles. The fourth-order valence-corrected chi connectivity index (χ4v) is 0.284. The summed E-state index contributed by atoms with van der Waals surface area (Å²) < 4.78 is 4.68. The molecule has 0 heterocycles. The lowest BCUT2D eigenvalue weighted by Crippen LogP contribution is -2.12. The molecule has 1 unspecified atom stereocenters. The van der Waals surface area contributed by atoms with Crippen LogP contribution in [-0.2, 0) is 4.74 Å². The topological polar surface area (TPSA) is 49.7 Å². The number of ether oxygens (including phenoxy) is 1. The van der Waals surface area contributed by atoms with Crippen LogP contribution < -0.4 is 0 Å². The quantitative estimate of drug-likeness (QED) is 0.476. The molecule has 1 radical (unpaired) electrons. The Kier molecular flexibility index (Phi) is 4.95. The molecule has 0 aliphatic rings. The highest BCUT2D eigenvalue weighted by Crippen LogP contribution is 1.79. The maximum atomic E-state index is 8.46. The smallest absolute Gasteiger partial charge is 0.0774 e. The minimum atomic E-state index is -0.679. The average Bonchev–Trinajstić information content (AvgIpc) is 1.66. The first-order valence-electron chi connectivity index (χ1n) is 2.47. The third kappa shape index (κ3) is 5.88. The first kappa shape index (κ1) is 7.88. The largest absolute Gasteiger partial charge is 0.394 e. The predicted octanol–water partition coefficient (Wildman–Crippen LogP) is -0.810. The van der Waals surface area contributed by atoms with Crippen LogP contribution in [0, 0.1) is 6.92 Å². The fourth-order valence-electron chi connectivity index (χ4n) is 0.284. The Morgan fingerprint density at radius 2 is 2.25 bits per heavy atom. The van der Waals surface area contributed by atoms with Gasteiger partial charge in [-0.25, -0.2) is 0 Å². The SMILES string of the molecule is [CH2]C(O)COCCO. The number of hydrogen-bond donors (Lipinski definition) is 2. The van der Waals surface area contributed by atoms with Crippen LogP contribution in [0.25, 0.3) is 0 Å². The molecule has 0 aromatic carbocycles. The van der Waals surface area contributed by atoms with Crippen LogP contribution >= 0.6 is 0 Å². The molecular weight excluding hydrogens is 108 g/mol. The molecule has 0 saturated carbocycles. The van der Waals surface area contributed by atoms with E-state index in [0.717, 1.165) is 0 Å². The van der Waals surface area contributed by atoms with E-state index in [1.807, 2.05) is 0 Å². The maximum Gasteiger partial charge on any atom is 0.0774 e. The Labute approximate surface area is 48.9 Å². The monoisotopic (exact) mass is 119 g/mol. The van der Waals surface area contributed by atoms with E-state index in [0.29, 0.717) is 0 Å². The van der Waals surface area contributed by atoms with Gasteiger partial charge in [0.25, 0.3) is 0 Å². The summed E-state index contributed by atoms with van der Waals surface area (Å²) in [6.07, 6.45) is -0.679. The molecule has 0 spiro atoms. The van der Waals surface area contributed by atoms with Gasteiger partial charge in [-0.1, -0.05) is 0 Å². The van der Waals surface area contributed by atoms with Crippen molar-refractivity contribution in [3.05, 3.63) is 6.92 Å². The van der Waals surface area contributed by atoms with E-state index < -0.39 is 6.10 Å². The molecule has 49 valence electrons. The van der Waals surface area contributed by atoms with Crippen LogP contribution in [-0.4, -0.2) is 36.1 Å². The second-order valence-electron chi connectivity index (χ2n) is 1.45. The molecule has 0 fully saturated rings. The van der Waals surface area contributed by atoms with Crippen molar-refractivity contribution in [1.29, 1.82) is 0 Å². The van der Waals surface area contributed by atoms with Crippen molar-refractivity contribution in [1.82, 2.24) is 0 Å². The standard InChI is InChI=1S/C5H11O3/c1-5(7)4-8-3-2-6/h5-7H,1-4H2. The van der Waals surface area contributed by atoms with Gasteiger partial charge in [-0.15, -0.1) is 0 Å². The lowest BCUT2D eigenvalue weighted by molar-refractivity contribution is 0.0390. The minimum absolute atomic E-state index is 0.00722. The van der Waals surface area contributed by atoms with Crippen molar-refractivity contribution in [2.45, 2.75) is 6.10 Å². The molecule has 1 atom stereocenters. The van der Waals surface area contributed by atoms with Crippen LogP contribution in [0.4, 0.5) is 0 Å². The molecule has 0 saturated heterocycles. The second-order valence-corrected chi connectivity index (χ2v) is 1.45. The highest BCUT2D eigenvalue weighted by Gasteiger charge is 1.92. The van der Waals surface area contributed by atoms with Crippen LogP contribution in [0.5, 0.6) is 0 Å². The summed E-state index contributed by atoms with van der Waals surface area (Å²) in [5.74, 6) is 0. The Morgan fingerprint density at radius 3 is 2.62 bits per heavy atom. The lowest BCUT2D eigenvalue weighted by Gasteiger charge is -2.02. The van der Waals surface area contributed by atoms with E-state index >= 15 is 0 Å². The lowest BCUT2D eigenvalue weighted by atomic mass is 10.4. The zero-order valence-corrected chi connectivity index (χ0v) is 4.71. The summed E-state index contributed by atoms with van der Waals surface area (Å²) in [6.45, 7) is 3.72. The van der Waals surface area contributed by atoms with Crippen molar-refractivity contribution in [3.8, 4) is 0 Å². The van der Waals surface area contributed by atoms with E-state index in [9.17, 15) is 0 Å². The van der Waals surface area contributed by atoms with Gasteiger partial charge < -0.3 is 14.9 Å². The Balaban J connectivity index is 2.72. The zero-order valence-electron chi connectivity index (χ0n) is 4.71. The predicted molar refractivity (Wildman–Crippen MR) is 29.3 cm³/mol. The van der Waals surface area contributed by atoms with E-state index in [1.165, 1.54) is 0 Å². The third-order valence-corrected chi connectivity index (χ3v) is 0.546. The van der Waals surface area contributed by atoms with Crippen LogP contribution in [0.1, 0.15) is 0 Å². The molecular formula is C5H11O3.